The van der Waals surface area contributed by atoms with Gasteiger partial charge in [0, 0.05) is 31.9 Å². The zero-order chi connectivity index (χ0) is 20.6. The van der Waals surface area contributed by atoms with Crippen LogP contribution in [0.4, 0.5) is 4.79 Å². The van der Waals surface area contributed by atoms with E-state index in [4.69, 9.17) is 0 Å². The van der Waals surface area contributed by atoms with Crippen molar-refractivity contribution in [3.63, 3.8) is 0 Å². The van der Waals surface area contributed by atoms with Gasteiger partial charge in [-0.05, 0) is 43.4 Å². The van der Waals surface area contributed by atoms with Crippen molar-refractivity contribution in [1.82, 2.24) is 19.7 Å². The van der Waals surface area contributed by atoms with Crippen molar-refractivity contribution in [3.05, 3.63) is 66.0 Å². The van der Waals surface area contributed by atoms with E-state index < -0.39 is 5.54 Å². The minimum absolute atomic E-state index is 0.0534. The molecule has 1 saturated carbocycles. The average molecular weight is 405 g/mol. The highest BCUT2D eigenvalue weighted by Gasteiger charge is 2.58. The molecule has 1 aliphatic carbocycles. The van der Waals surface area contributed by atoms with Gasteiger partial charge >= 0.3 is 6.03 Å². The third-order valence-electron chi connectivity index (χ3n) is 7.07. The maximum Gasteiger partial charge on any atom is 0.328 e. The Hall–Kier alpha value is -2.73. The minimum atomic E-state index is -0.734. The molecule has 0 unspecified atom stereocenters. The first-order valence-electron chi connectivity index (χ1n) is 11.0. The highest BCUT2D eigenvalue weighted by molar-refractivity contribution is 6.07. The fraction of sp³-hybridized carbons (Fsp3) is 0.458. The summed E-state index contributed by atoms with van der Waals surface area (Å²) in [7, 11) is 0. The van der Waals surface area contributed by atoms with Crippen molar-refractivity contribution >= 4 is 11.9 Å². The van der Waals surface area contributed by atoms with Crippen LogP contribution in [0.5, 0.6) is 0 Å². The van der Waals surface area contributed by atoms with Crippen LogP contribution in [0.25, 0.3) is 0 Å². The van der Waals surface area contributed by atoms with Crippen LogP contribution in [0, 0.1) is 0 Å². The lowest BCUT2D eigenvalue weighted by atomic mass is 9.82. The van der Waals surface area contributed by atoms with Crippen LogP contribution in [-0.4, -0.2) is 56.3 Å². The highest BCUT2D eigenvalue weighted by atomic mass is 16.2. The second kappa shape index (κ2) is 7.84. The van der Waals surface area contributed by atoms with Crippen LogP contribution in [0.1, 0.15) is 43.4 Å². The fourth-order valence-electron chi connectivity index (χ4n) is 5.06. The van der Waals surface area contributed by atoms with Gasteiger partial charge in [-0.2, -0.15) is 0 Å². The molecule has 0 bridgehead atoms. The second-order valence-corrected chi connectivity index (χ2v) is 8.72. The normalized spacial score (nSPS) is 22.0. The molecule has 156 valence electrons. The number of likely N-dealkylation sites (tertiary alicyclic amines) is 1. The number of imide groups is 1. The first-order chi connectivity index (χ1) is 14.7. The first kappa shape index (κ1) is 19.2. The number of pyridine rings is 1. The Kier molecular flexibility index (Phi) is 5.03. The predicted molar refractivity (Wildman–Crippen MR) is 113 cm³/mol. The Morgan fingerprint density at radius 3 is 2.30 bits per heavy atom. The molecule has 6 nitrogen and oxygen atoms in total. The van der Waals surface area contributed by atoms with Crippen LogP contribution >= 0.6 is 0 Å². The van der Waals surface area contributed by atoms with Crippen LogP contribution in [0.2, 0.25) is 0 Å². The van der Waals surface area contributed by atoms with Crippen molar-refractivity contribution in [1.29, 1.82) is 0 Å². The van der Waals surface area contributed by atoms with Gasteiger partial charge in [0.05, 0.1) is 12.2 Å². The number of nitrogens with zero attached hydrogens (tertiary/aromatic N) is 4. The maximum absolute atomic E-state index is 13.7. The summed E-state index contributed by atoms with van der Waals surface area (Å²) >= 11 is 0. The van der Waals surface area contributed by atoms with E-state index in [9.17, 15) is 9.59 Å². The standard InChI is InChI=1S/C24H28N4O2/c29-22-24(12-15-26(16-13-24)21-10-6-11-21)28(17-19-7-2-1-3-8-19)23(30)27(22)18-20-9-4-5-14-25-20/h1-5,7-9,14,21H,6,10-13,15-18H2. The molecule has 3 amide bonds. The molecule has 2 aliphatic heterocycles. The molecule has 0 radical (unpaired) electrons. The summed E-state index contributed by atoms with van der Waals surface area (Å²) in [6, 6.07) is 16.1. The lowest BCUT2D eigenvalue weighted by Gasteiger charge is -2.46. The summed E-state index contributed by atoms with van der Waals surface area (Å²) in [6.07, 6.45) is 6.95. The van der Waals surface area contributed by atoms with E-state index in [0.717, 1.165) is 24.3 Å². The molecule has 2 saturated heterocycles. The van der Waals surface area contributed by atoms with Gasteiger partial charge < -0.3 is 9.80 Å². The minimum Gasteiger partial charge on any atom is -0.305 e. The quantitative estimate of drug-likeness (QED) is 0.717. The summed E-state index contributed by atoms with van der Waals surface area (Å²) in [6.45, 7) is 2.46. The molecule has 3 fully saturated rings. The molecule has 6 heteroatoms. The average Bonchev–Trinajstić information content (AvgIpc) is 2.92. The molecule has 1 aromatic heterocycles. The summed E-state index contributed by atoms with van der Waals surface area (Å²) in [5.41, 5.74) is 1.06. The molecule has 0 atom stereocenters. The van der Waals surface area contributed by atoms with E-state index in [-0.39, 0.29) is 18.5 Å². The van der Waals surface area contributed by atoms with Gasteiger partial charge in [-0.25, -0.2) is 4.79 Å². The molecule has 1 aromatic carbocycles. The van der Waals surface area contributed by atoms with E-state index in [1.807, 2.05) is 53.4 Å². The van der Waals surface area contributed by atoms with Crippen molar-refractivity contribution in [2.75, 3.05) is 13.1 Å². The SMILES string of the molecule is O=C1N(Cc2ccccn2)C(=O)C2(CCN(C3CCC3)CC2)N1Cc1ccccc1. The van der Waals surface area contributed by atoms with Crippen molar-refractivity contribution in [2.45, 2.75) is 56.8 Å². The van der Waals surface area contributed by atoms with Gasteiger partial charge in [0.15, 0.2) is 0 Å². The largest absolute Gasteiger partial charge is 0.328 e. The number of urea groups is 1. The molecule has 5 rings (SSSR count). The van der Waals surface area contributed by atoms with E-state index in [2.05, 4.69) is 9.88 Å². The monoisotopic (exact) mass is 404 g/mol. The highest BCUT2D eigenvalue weighted by Crippen LogP contribution is 2.40. The number of carbonyl (C=O) groups excluding carboxylic acids is 2. The number of piperidine rings is 1. The fourth-order valence-corrected chi connectivity index (χ4v) is 5.06. The number of rotatable bonds is 5. The lowest BCUT2D eigenvalue weighted by Crippen LogP contribution is -2.58. The van der Waals surface area contributed by atoms with Crippen LogP contribution < -0.4 is 0 Å². The van der Waals surface area contributed by atoms with Gasteiger partial charge in [0.1, 0.15) is 5.54 Å². The number of carbonyl (C=O) groups is 2. The smallest absolute Gasteiger partial charge is 0.305 e. The van der Waals surface area contributed by atoms with Crippen LogP contribution in [-0.2, 0) is 17.9 Å². The Morgan fingerprint density at radius 2 is 1.67 bits per heavy atom. The first-order valence-corrected chi connectivity index (χ1v) is 11.0. The number of aromatic nitrogens is 1. The molecular weight excluding hydrogens is 376 g/mol. The zero-order valence-electron chi connectivity index (χ0n) is 17.2. The van der Waals surface area contributed by atoms with E-state index in [0.29, 0.717) is 25.4 Å². The molecule has 3 heterocycles. The topological polar surface area (TPSA) is 56.8 Å². The number of amides is 3. The van der Waals surface area contributed by atoms with Crippen LogP contribution in [0.15, 0.2) is 54.7 Å². The van der Waals surface area contributed by atoms with Gasteiger partial charge in [0.25, 0.3) is 5.91 Å². The molecule has 1 spiro atoms. The van der Waals surface area contributed by atoms with Gasteiger partial charge in [-0.15, -0.1) is 0 Å². The lowest BCUT2D eigenvalue weighted by molar-refractivity contribution is -0.136. The Balaban J connectivity index is 1.42. The van der Waals surface area contributed by atoms with Gasteiger partial charge in [0.2, 0.25) is 0 Å². The molecule has 0 N–H and O–H groups in total. The van der Waals surface area contributed by atoms with Gasteiger partial charge in [-0.1, -0.05) is 42.8 Å². The van der Waals surface area contributed by atoms with Crippen molar-refractivity contribution < 1.29 is 9.59 Å². The summed E-state index contributed by atoms with van der Waals surface area (Å²) in [5.74, 6) is -0.0534. The zero-order valence-corrected chi connectivity index (χ0v) is 17.2. The number of hydrogen-bond donors (Lipinski definition) is 0. The van der Waals surface area contributed by atoms with Crippen molar-refractivity contribution in [3.8, 4) is 0 Å². The van der Waals surface area contributed by atoms with E-state index in [1.165, 1.54) is 24.2 Å². The third-order valence-corrected chi connectivity index (χ3v) is 7.07. The Bertz CT molecular complexity index is 905. The summed E-state index contributed by atoms with van der Waals surface area (Å²) in [5, 5.41) is 0. The second-order valence-electron chi connectivity index (χ2n) is 8.72. The van der Waals surface area contributed by atoms with E-state index in [1.54, 1.807) is 6.20 Å². The number of hydrogen-bond acceptors (Lipinski definition) is 4. The van der Waals surface area contributed by atoms with E-state index >= 15 is 0 Å². The molecule has 30 heavy (non-hydrogen) atoms. The number of benzene rings is 1. The van der Waals surface area contributed by atoms with Crippen LogP contribution in [0.3, 0.4) is 0 Å². The molecule has 2 aromatic rings. The summed E-state index contributed by atoms with van der Waals surface area (Å²) < 4.78 is 0. The summed E-state index contributed by atoms with van der Waals surface area (Å²) in [4.78, 5) is 37.3. The molecular formula is C24H28N4O2. The van der Waals surface area contributed by atoms with Crippen molar-refractivity contribution in [2.24, 2.45) is 0 Å². The maximum atomic E-state index is 13.7. The van der Waals surface area contributed by atoms with Gasteiger partial charge in [-0.3, -0.25) is 14.7 Å². The Morgan fingerprint density at radius 1 is 0.933 bits per heavy atom. The third kappa shape index (κ3) is 3.29. The Labute approximate surface area is 177 Å². The predicted octanol–water partition coefficient (Wildman–Crippen LogP) is 3.43. The molecule has 3 aliphatic rings.